The maximum atomic E-state index is 11.0. The van der Waals surface area contributed by atoms with Gasteiger partial charge in [-0.1, -0.05) is 32.9 Å². The Balaban J connectivity index is 3.23. The molecule has 2 heteroatoms. The summed E-state index contributed by atoms with van der Waals surface area (Å²) in [5.41, 5.74) is 3.41. The smallest absolute Gasteiger partial charge is 0.308 e. The number of hydrogen-bond donors (Lipinski definition) is 0. The van der Waals surface area contributed by atoms with Gasteiger partial charge >= 0.3 is 5.97 Å². The first kappa shape index (κ1) is 12.8. The molecule has 0 atom stereocenters. The van der Waals surface area contributed by atoms with Gasteiger partial charge in [-0.05, 0) is 36.0 Å². The van der Waals surface area contributed by atoms with E-state index in [9.17, 15) is 4.79 Å². The molecular formula is C14H20O2. The summed E-state index contributed by atoms with van der Waals surface area (Å²) < 4.78 is 5.20. The fraction of sp³-hybridized carbons (Fsp3) is 0.500. The Morgan fingerprint density at radius 3 is 1.88 bits per heavy atom. The van der Waals surface area contributed by atoms with Gasteiger partial charge in [-0.3, -0.25) is 4.79 Å². The highest BCUT2D eigenvalue weighted by Crippen LogP contribution is 2.30. The van der Waals surface area contributed by atoms with E-state index in [-0.39, 0.29) is 11.4 Å². The SMILES string of the molecule is CC(=O)Oc1c(C)cc(C(C)(C)C)cc1C. The molecule has 0 amide bonds. The summed E-state index contributed by atoms with van der Waals surface area (Å²) in [5, 5.41) is 0. The monoisotopic (exact) mass is 220 g/mol. The van der Waals surface area contributed by atoms with Crippen molar-refractivity contribution in [3.63, 3.8) is 0 Å². The topological polar surface area (TPSA) is 26.3 Å². The van der Waals surface area contributed by atoms with Crippen molar-refractivity contribution in [2.75, 3.05) is 0 Å². The van der Waals surface area contributed by atoms with Crippen LogP contribution in [0.1, 0.15) is 44.4 Å². The molecule has 0 spiro atoms. The second kappa shape index (κ2) is 4.28. The van der Waals surface area contributed by atoms with Crippen LogP contribution in [-0.2, 0) is 10.2 Å². The van der Waals surface area contributed by atoms with E-state index in [2.05, 4.69) is 32.9 Å². The molecule has 1 rings (SSSR count). The molecule has 0 saturated carbocycles. The highest BCUT2D eigenvalue weighted by molar-refractivity contribution is 5.70. The molecule has 1 aromatic carbocycles. The van der Waals surface area contributed by atoms with E-state index < -0.39 is 0 Å². The molecule has 0 aliphatic heterocycles. The first-order valence-electron chi connectivity index (χ1n) is 5.52. The van der Waals surface area contributed by atoms with E-state index in [4.69, 9.17) is 4.74 Å². The van der Waals surface area contributed by atoms with Crippen LogP contribution >= 0.6 is 0 Å². The van der Waals surface area contributed by atoms with Gasteiger partial charge in [0.25, 0.3) is 0 Å². The lowest BCUT2D eigenvalue weighted by atomic mass is 9.85. The van der Waals surface area contributed by atoms with Crippen molar-refractivity contribution in [2.24, 2.45) is 0 Å². The van der Waals surface area contributed by atoms with Crippen LogP contribution in [0.3, 0.4) is 0 Å². The predicted octanol–water partition coefficient (Wildman–Crippen LogP) is 3.53. The zero-order chi connectivity index (χ0) is 12.5. The third-order valence-corrected chi connectivity index (χ3v) is 2.57. The van der Waals surface area contributed by atoms with E-state index in [1.54, 1.807) is 0 Å². The minimum Gasteiger partial charge on any atom is -0.426 e. The summed E-state index contributed by atoms with van der Waals surface area (Å²) in [6.07, 6.45) is 0. The lowest BCUT2D eigenvalue weighted by molar-refractivity contribution is -0.131. The molecule has 0 bridgehead atoms. The van der Waals surface area contributed by atoms with Gasteiger partial charge in [-0.2, -0.15) is 0 Å². The number of hydrogen-bond acceptors (Lipinski definition) is 2. The lowest BCUT2D eigenvalue weighted by Crippen LogP contribution is -2.13. The fourth-order valence-electron chi connectivity index (χ4n) is 1.69. The molecule has 0 aromatic heterocycles. The number of ether oxygens (including phenoxy) is 1. The minimum atomic E-state index is -0.269. The Bertz CT molecular complexity index is 388. The van der Waals surface area contributed by atoms with Gasteiger partial charge in [0.1, 0.15) is 5.75 Å². The molecule has 0 heterocycles. The maximum Gasteiger partial charge on any atom is 0.308 e. The van der Waals surface area contributed by atoms with Crippen molar-refractivity contribution in [1.29, 1.82) is 0 Å². The summed E-state index contributed by atoms with van der Waals surface area (Å²) in [6.45, 7) is 11.9. The third kappa shape index (κ3) is 2.84. The summed E-state index contributed by atoms with van der Waals surface area (Å²) in [5.74, 6) is 0.426. The highest BCUT2D eigenvalue weighted by Gasteiger charge is 2.17. The number of carbonyl (C=O) groups excluding carboxylic acids is 1. The molecule has 0 saturated heterocycles. The van der Waals surface area contributed by atoms with Crippen molar-refractivity contribution in [1.82, 2.24) is 0 Å². The summed E-state index contributed by atoms with van der Waals surface area (Å²) in [6, 6.07) is 4.18. The summed E-state index contributed by atoms with van der Waals surface area (Å²) in [4.78, 5) is 11.0. The van der Waals surface area contributed by atoms with E-state index in [0.29, 0.717) is 5.75 Å². The van der Waals surface area contributed by atoms with Crippen LogP contribution in [0.25, 0.3) is 0 Å². The Morgan fingerprint density at radius 2 is 1.56 bits per heavy atom. The molecule has 0 unspecified atom stereocenters. The van der Waals surface area contributed by atoms with Gasteiger partial charge < -0.3 is 4.74 Å². The molecule has 88 valence electrons. The molecule has 0 fully saturated rings. The maximum absolute atomic E-state index is 11.0. The zero-order valence-corrected chi connectivity index (χ0v) is 11.0. The van der Waals surface area contributed by atoms with Crippen molar-refractivity contribution < 1.29 is 9.53 Å². The second-order valence-electron chi connectivity index (χ2n) is 5.28. The number of rotatable bonds is 1. The van der Waals surface area contributed by atoms with Gasteiger partial charge in [0.05, 0.1) is 0 Å². The van der Waals surface area contributed by atoms with Crippen molar-refractivity contribution in [2.45, 2.75) is 47.0 Å². The van der Waals surface area contributed by atoms with Crippen molar-refractivity contribution >= 4 is 5.97 Å². The Morgan fingerprint density at radius 1 is 1.12 bits per heavy atom. The van der Waals surface area contributed by atoms with Gasteiger partial charge in [0, 0.05) is 6.92 Å². The normalized spacial score (nSPS) is 11.4. The fourth-order valence-corrected chi connectivity index (χ4v) is 1.69. The average Bonchev–Trinajstić information content (AvgIpc) is 2.09. The first-order valence-corrected chi connectivity index (χ1v) is 5.52. The number of aryl methyl sites for hydroxylation is 2. The quantitative estimate of drug-likeness (QED) is 0.534. The van der Waals surface area contributed by atoms with Crippen LogP contribution in [0, 0.1) is 13.8 Å². The van der Waals surface area contributed by atoms with E-state index in [1.165, 1.54) is 12.5 Å². The Labute approximate surface area is 97.6 Å². The molecule has 0 aliphatic carbocycles. The molecule has 0 N–H and O–H groups in total. The molecule has 16 heavy (non-hydrogen) atoms. The number of esters is 1. The standard InChI is InChI=1S/C14H20O2/c1-9-7-12(14(4,5)6)8-10(2)13(9)16-11(3)15/h7-8H,1-6H3. The molecule has 0 radical (unpaired) electrons. The van der Waals surface area contributed by atoms with Gasteiger partial charge in [0.15, 0.2) is 0 Å². The van der Waals surface area contributed by atoms with Crippen LogP contribution in [0.4, 0.5) is 0 Å². The molecule has 2 nitrogen and oxygen atoms in total. The molecular weight excluding hydrogens is 200 g/mol. The Kier molecular flexibility index (Phi) is 3.41. The van der Waals surface area contributed by atoms with Crippen molar-refractivity contribution in [3.05, 3.63) is 28.8 Å². The summed E-state index contributed by atoms with van der Waals surface area (Å²) in [7, 11) is 0. The van der Waals surface area contributed by atoms with Gasteiger partial charge in [-0.15, -0.1) is 0 Å². The number of carbonyl (C=O) groups is 1. The van der Waals surface area contributed by atoms with Crippen LogP contribution in [0.15, 0.2) is 12.1 Å². The molecule has 0 aliphatic rings. The van der Waals surface area contributed by atoms with Crippen LogP contribution in [-0.4, -0.2) is 5.97 Å². The predicted molar refractivity (Wildman–Crippen MR) is 65.9 cm³/mol. The van der Waals surface area contributed by atoms with E-state index in [0.717, 1.165) is 11.1 Å². The van der Waals surface area contributed by atoms with Crippen LogP contribution in [0.5, 0.6) is 5.75 Å². The lowest BCUT2D eigenvalue weighted by Gasteiger charge is -2.21. The summed E-state index contributed by atoms with van der Waals surface area (Å²) >= 11 is 0. The van der Waals surface area contributed by atoms with Crippen LogP contribution in [0.2, 0.25) is 0 Å². The Hall–Kier alpha value is -1.31. The van der Waals surface area contributed by atoms with Crippen LogP contribution < -0.4 is 4.74 Å². The van der Waals surface area contributed by atoms with Gasteiger partial charge in [-0.25, -0.2) is 0 Å². The molecule has 1 aromatic rings. The van der Waals surface area contributed by atoms with E-state index >= 15 is 0 Å². The minimum absolute atomic E-state index is 0.115. The van der Waals surface area contributed by atoms with Crippen molar-refractivity contribution in [3.8, 4) is 5.75 Å². The number of benzene rings is 1. The largest absolute Gasteiger partial charge is 0.426 e. The zero-order valence-electron chi connectivity index (χ0n) is 11.0. The van der Waals surface area contributed by atoms with E-state index in [1.807, 2.05) is 13.8 Å². The first-order chi connectivity index (χ1) is 7.21. The average molecular weight is 220 g/mol. The van der Waals surface area contributed by atoms with Gasteiger partial charge in [0.2, 0.25) is 0 Å². The second-order valence-corrected chi connectivity index (χ2v) is 5.28. The third-order valence-electron chi connectivity index (χ3n) is 2.57. The highest BCUT2D eigenvalue weighted by atomic mass is 16.5.